The van der Waals surface area contributed by atoms with Gasteiger partial charge in [-0.2, -0.15) is 0 Å². The summed E-state index contributed by atoms with van der Waals surface area (Å²) in [7, 11) is 0. The van der Waals surface area contributed by atoms with Gasteiger partial charge in [0.15, 0.2) is 0 Å². The van der Waals surface area contributed by atoms with Gasteiger partial charge in [0, 0.05) is 25.1 Å². The molecule has 0 saturated carbocycles. The Kier molecular flexibility index (Phi) is 5.21. The summed E-state index contributed by atoms with van der Waals surface area (Å²) in [6.45, 7) is 4.96. The number of hydrogen-bond acceptors (Lipinski definition) is 3. The highest BCUT2D eigenvalue weighted by atomic mass is 16.5. The predicted molar refractivity (Wildman–Crippen MR) is 61.8 cm³/mol. The monoisotopic (exact) mass is 244 g/mol. The average Bonchev–Trinajstić information content (AvgIpc) is 2.59. The lowest BCUT2D eigenvalue weighted by Gasteiger charge is -2.17. The Labute approximate surface area is 101 Å². The van der Waals surface area contributed by atoms with Gasteiger partial charge in [-0.1, -0.05) is 0 Å². The largest absolute Gasteiger partial charge is 0.481 e. The molecule has 0 aliphatic carbocycles. The van der Waals surface area contributed by atoms with Crippen molar-refractivity contribution >= 4 is 12.0 Å². The molecule has 0 aromatic carbocycles. The van der Waals surface area contributed by atoms with E-state index in [0.717, 1.165) is 13.0 Å². The number of aliphatic carboxylic acids is 1. The summed E-state index contributed by atoms with van der Waals surface area (Å²) in [4.78, 5) is 21.9. The molecule has 3 atom stereocenters. The molecule has 0 bridgehead atoms. The molecular formula is C11H20N2O4. The second-order valence-corrected chi connectivity index (χ2v) is 4.48. The number of ether oxygens (including phenoxy) is 1. The van der Waals surface area contributed by atoms with Crippen LogP contribution in [0.15, 0.2) is 0 Å². The van der Waals surface area contributed by atoms with Crippen LogP contribution in [0.2, 0.25) is 0 Å². The van der Waals surface area contributed by atoms with Crippen molar-refractivity contribution in [3.05, 3.63) is 0 Å². The minimum Gasteiger partial charge on any atom is -0.481 e. The SMILES string of the molecule is CC(CC(=O)O)NC(=O)NCC1CCOC1C. The number of nitrogens with one attached hydrogen (secondary N) is 2. The van der Waals surface area contributed by atoms with Gasteiger partial charge < -0.3 is 20.5 Å². The fourth-order valence-electron chi connectivity index (χ4n) is 1.86. The molecule has 0 spiro atoms. The number of carbonyl (C=O) groups is 2. The van der Waals surface area contributed by atoms with Gasteiger partial charge in [0.05, 0.1) is 12.5 Å². The maximum absolute atomic E-state index is 11.4. The van der Waals surface area contributed by atoms with Crippen LogP contribution in [0.5, 0.6) is 0 Å². The van der Waals surface area contributed by atoms with E-state index in [1.807, 2.05) is 6.92 Å². The molecule has 6 nitrogen and oxygen atoms in total. The van der Waals surface area contributed by atoms with Crippen molar-refractivity contribution in [2.45, 2.75) is 38.8 Å². The van der Waals surface area contributed by atoms with Crippen LogP contribution in [-0.2, 0) is 9.53 Å². The summed E-state index contributed by atoms with van der Waals surface area (Å²) < 4.78 is 5.38. The lowest BCUT2D eigenvalue weighted by molar-refractivity contribution is -0.137. The number of carbonyl (C=O) groups excluding carboxylic acids is 1. The van der Waals surface area contributed by atoms with Crippen molar-refractivity contribution in [3.8, 4) is 0 Å². The molecule has 1 heterocycles. The zero-order valence-electron chi connectivity index (χ0n) is 10.2. The Morgan fingerprint density at radius 1 is 1.53 bits per heavy atom. The minimum absolute atomic E-state index is 0.0731. The molecule has 1 saturated heterocycles. The van der Waals surface area contributed by atoms with E-state index in [1.165, 1.54) is 0 Å². The first kappa shape index (κ1) is 13.8. The predicted octanol–water partition coefficient (Wildman–Crippen LogP) is 0.574. The molecule has 1 aliphatic heterocycles. The summed E-state index contributed by atoms with van der Waals surface area (Å²) in [6.07, 6.45) is 1.05. The van der Waals surface area contributed by atoms with Crippen molar-refractivity contribution in [1.29, 1.82) is 0 Å². The van der Waals surface area contributed by atoms with Gasteiger partial charge in [0.25, 0.3) is 0 Å². The number of urea groups is 1. The van der Waals surface area contributed by atoms with Crippen LogP contribution >= 0.6 is 0 Å². The zero-order chi connectivity index (χ0) is 12.8. The third-order valence-corrected chi connectivity index (χ3v) is 2.92. The van der Waals surface area contributed by atoms with E-state index in [2.05, 4.69) is 10.6 Å². The maximum atomic E-state index is 11.4. The second kappa shape index (κ2) is 6.44. The Bertz CT molecular complexity index is 283. The van der Waals surface area contributed by atoms with Crippen LogP contribution in [0.1, 0.15) is 26.7 Å². The van der Waals surface area contributed by atoms with E-state index in [4.69, 9.17) is 9.84 Å². The highest BCUT2D eigenvalue weighted by Gasteiger charge is 2.24. The van der Waals surface area contributed by atoms with Crippen LogP contribution < -0.4 is 10.6 Å². The van der Waals surface area contributed by atoms with Crippen LogP contribution in [-0.4, -0.2) is 42.4 Å². The molecule has 0 aromatic rings. The maximum Gasteiger partial charge on any atom is 0.315 e. The van der Waals surface area contributed by atoms with Gasteiger partial charge in [0.2, 0.25) is 0 Å². The molecule has 17 heavy (non-hydrogen) atoms. The van der Waals surface area contributed by atoms with Crippen LogP contribution in [0.25, 0.3) is 0 Å². The van der Waals surface area contributed by atoms with E-state index in [-0.39, 0.29) is 24.6 Å². The second-order valence-electron chi connectivity index (χ2n) is 4.48. The Balaban J connectivity index is 2.18. The molecule has 3 unspecified atom stereocenters. The van der Waals surface area contributed by atoms with Gasteiger partial charge in [-0.25, -0.2) is 4.79 Å². The van der Waals surface area contributed by atoms with Crippen LogP contribution in [0.4, 0.5) is 4.79 Å². The van der Waals surface area contributed by atoms with Gasteiger partial charge in [-0.3, -0.25) is 4.79 Å². The standard InChI is InChI=1S/C11H20N2O4/c1-7(5-10(14)15)13-11(16)12-6-9-3-4-17-8(9)2/h7-9H,3-6H2,1-2H3,(H,14,15)(H2,12,13,16). The van der Waals surface area contributed by atoms with Crippen molar-refractivity contribution in [2.75, 3.05) is 13.2 Å². The van der Waals surface area contributed by atoms with E-state index in [0.29, 0.717) is 12.5 Å². The molecule has 3 N–H and O–H groups in total. The van der Waals surface area contributed by atoms with Crippen molar-refractivity contribution in [3.63, 3.8) is 0 Å². The summed E-state index contributed by atoms with van der Waals surface area (Å²) in [5.74, 6) is -0.578. The third kappa shape index (κ3) is 5.04. The van der Waals surface area contributed by atoms with Gasteiger partial charge >= 0.3 is 12.0 Å². The molecule has 0 radical (unpaired) electrons. The third-order valence-electron chi connectivity index (χ3n) is 2.92. The quantitative estimate of drug-likeness (QED) is 0.660. The topological polar surface area (TPSA) is 87.7 Å². The first-order valence-corrected chi connectivity index (χ1v) is 5.86. The van der Waals surface area contributed by atoms with E-state index in [9.17, 15) is 9.59 Å². The van der Waals surface area contributed by atoms with E-state index < -0.39 is 5.97 Å². The Morgan fingerprint density at radius 3 is 2.76 bits per heavy atom. The number of hydrogen-bond donors (Lipinski definition) is 3. The van der Waals surface area contributed by atoms with Gasteiger partial charge in [-0.05, 0) is 20.3 Å². The molecule has 6 heteroatoms. The highest BCUT2D eigenvalue weighted by molar-refractivity contribution is 5.75. The lowest BCUT2D eigenvalue weighted by Crippen LogP contribution is -2.43. The number of rotatable bonds is 5. The fourth-order valence-corrected chi connectivity index (χ4v) is 1.86. The molecular weight excluding hydrogens is 224 g/mol. The van der Waals surface area contributed by atoms with Gasteiger partial charge in [-0.15, -0.1) is 0 Å². The first-order valence-electron chi connectivity index (χ1n) is 5.86. The first-order chi connectivity index (χ1) is 7.99. The normalized spacial score (nSPS) is 25.3. The van der Waals surface area contributed by atoms with Crippen LogP contribution in [0.3, 0.4) is 0 Å². The number of carboxylic acids is 1. The Hall–Kier alpha value is -1.30. The zero-order valence-corrected chi connectivity index (χ0v) is 10.2. The smallest absolute Gasteiger partial charge is 0.315 e. The van der Waals surface area contributed by atoms with Crippen molar-refractivity contribution in [2.24, 2.45) is 5.92 Å². The molecule has 2 amide bonds. The number of amides is 2. The molecule has 1 fully saturated rings. The Morgan fingerprint density at radius 2 is 2.24 bits per heavy atom. The van der Waals surface area contributed by atoms with E-state index >= 15 is 0 Å². The van der Waals surface area contributed by atoms with Crippen molar-refractivity contribution in [1.82, 2.24) is 10.6 Å². The van der Waals surface area contributed by atoms with Crippen molar-refractivity contribution < 1.29 is 19.4 Å². The number of carboxylic acid groups (broad SMARTS) is 1. The lowest BCUT2D eigenvalue weighted by atomic mass is 10.0. The molecule has 1 rings (SSSR count). The molecule has 1 aliphatic rings. The minimum atomic E-state index is -0.921. The summed E-state index contributed by atoms with van der Waals surface area (Å²) >= 11 is 0. The summed E-state index contributed by atoms with van der Waals surface area (Å²) in [5.41, 5.74) is 0. The van der Waals surface area contributed by atoms with Crippen LogP contribution in [0, 0.1) is 5.92 Å². The fraction of sp³-hybridized carbons (Fsp3) is 0.818. The highest BCUT2D eigenvalue weighted by Crippen LogP contribution is 2.19. The van der Waals surface area contributed by atoms with Gasteiger partial charge in [0.1, 0.15) is 0 Å². The summed E-state index contributed by atoms with van der Waals surface area (Å²) in [5, 5.41) is 13.9. The molecule has 98 valence electrons. The molecule has 0 aromatic heterocycles. The average molecular weight is 244 g/mol. The summed E-state index contributed by atoms with van der Waals surface area (Å²) in [6, 6.07) is -0.692. The van der Waals surface area contributed by atoms with E-state index in [1.54, 1.807) is 6.92 Å².